The van der Waals surface area contributed by atoms with Crippen LogP contribution in [0.3, 0.4) is 0 Å². The molecule has 0 unspecified atom stereocenters. The summed E-state index contributed by atoms with van der Waals surface area (Å²) in [6, 6.07) is 17.2. The normalized spacial score (nSPS) is 10.6. The molecular formula is C22H23ClN4O. The average molecular weight is 395 g/mol. The van der Waals surface area contributed by atoms with Crippen LogP contribution in [0.1, 0.15) is 34.2 Å². The summed E-state index contributed by atoms with van der Waals surface area (Å²) in [5.41, 5.74) is 4.00. The zero-order chi connectivity index (χ0) is 20.1. The molecule has 0 radical (unpaired) electrons. The third kappa shape index (κ3) is 4.87. The number of anilines is 2. The summed E-state index contributed by atoms with van der Waals surface area (Å²) in [7, 11) is 0. The van der Waals surface area contributed by atoms with Gasteiger partial charge < -0.3 is 10.2 Å². The number of carbonyl (C=O) groups is 1. The molecule has 3 aromatic rings. The molecule has 2 aromatic carbocycles. The van der Waals surface area contributed by atoms with Crippen molar-refractivity contribution in [2.45, 2.75) is 27.3 Å². The zero-order valence-corrected chi connectivity index (χ0v) is 17.0. The summed E-state index contributed by atoms with van der Waals surface area (Å²) in [6.07, 6.45) is 0. The highest BCUT2D eigenvalue weighted by atomic mass is 35.5. The van der Waals surface area contributed by atoms with Crippen molar-refractivity contribution in [1.82, 2.24) is 14.9 Å². The molecule has 0 fully saturated rings. The number of halogens is 1. The minimum atomic E-state index is -0.122. The second kappa shape index (κ2) is 8.85. The van der Waals surface area contributed by atoms with E-state index in [1.165, 1.54) is 0 Å². The summed E-state index contributed by atoms with van der Waals surface area (Å²) in [6.45, 7) is 6.91. The lowest BCUT2D eigenvalue weighted by Crippen LogP contribution is -2.31. The van der Waals surface area contributed by atoms with E-state index in [-0.39, 0.29) is 5.91 Å². The van der Waals surface area contributed by atoms with Gasteiger partial charge in [-0.15, -0.1) is 0 Å². The Hall–Kier alpha value is -2.92. The molecule has 0 saturated carbocycles. The van der Waals surface area contributed by atoms with Crippen LogP contribution in [0.2, 0.25) is 5.02 Å². The standard InChI is InChI=1S/C22H23ClN4O/c1-4-27(14-17-8-6-5-7-9-17)21(28)20-12-16(3)24-22(26-20)25-19-13-18(23)11-10-15(19)2/h5-13H,4,14H2,1-3H3,(H,24,25,26). The first-order chi connectivity index (χ1) is 13.5. The minimum Gasteiger partial charge on any atom is -0.333 e. The molecule has 1 N–H and O–H groups in total. The van der Waals surface area contributed by atoms with E-state index in [0.29, 0.717) is 29.8 Å². The van der Waals surface area contributed by atoms with Crippen molar-refractivity contribution >= 4 is 29.1 Å². The number of benzene rings is 2. The molecule has 0 aliphatic carbocycles. The van der Waals surface area contributed by atoms with E-state index in [4.69, 9.17) is 11.6 Å². The highest BCUT2D eigenvalue weighted by Gasteiger charge is 2.18. The van der Waals surface area contributed by atoms with Gasteiger partial charge in [0.2, 0.25) is 5.95 Å². The van der Waals surface area contributed by atoms with E-state index in [9.17, 15) is 4.79 Å². The van der Waals surface area contributed by atoms with E-state index in [2.05, 4.69) is 15.3 Å². The quantitative estimate of drug-likeness (QED) is 0.627. The van der Waals surface area contributed by atoms with Crippen molar-refractivity contribution in [3.63, 3.8) is 0 Å². The molecule has 0 atom stereocenters. The van der Waals surface area contributed by atoms with Crippen LogP contribution in [0.25, 0.3) is 0 Å². The second-order valence-corrected chi connectivity index (χ2v) is 7.04. The number of amides is 1. The maximum absolute atomic E-state index is 13.0. The number of rotatable bonds is 6. The van der Waals surface area contributed by atoms with Gasteiger partial charge in [-0.1, -0.05) is 48.0 Å². The molecule has 28 heavy (non-hydrogen) atoms. The topological polar surface area (TPSA) is 58.1 Å². The molecule has 3 rings (SSSR count). The van der Waals surface area contributed by atoms with Crippen LogP contribution < -0.4 is 5.32 Å². The van der Waals surface area contributed by atoms with Gasteiger partial charge in [-0.3, -0.25) is 4.79 Å². The lowest BCUT2D eigenvalue weighted by atomic mass is 10.2. The fraction of sp³-hybridized carbons (Fsp3) is 0.227. The summed E-state index contributed by atoms with van der Waals surface area (Å²) in [5, 5.41) is 3.80. The van der Waals surface area contributed by atoms with E-state index in [1.807, 2.05) is 69.3 Å². The zero-order valence-electron chi connectivity index (χ0n) is 16.2. The maximum atomic E-state index is 13.0. The molecule has 1 heterocycles. The van der Waals surface area contributed by atoms with Crippen molar-refractivity contribution < 1.29 is 4.79 Å². The molecule has 0 bridgehead atoms. The van der Waals surface area contributed by atoms with Crippen molar-refractivity contribution in [3.05, 3.63) is 82.1 Å². The number of aryl methyl sites for hydroxylation is 2. The fourth-order valence-corrected chi connectivity index (χ4v) is 3.05. The largest absolute Gasteiger partial charge is 0.333 e. The molecular weight excluding hydrogens is 372 g/mol. The smallest absolute Gasteiger partial charge is 0.272 e. The summed E-state index contributed by atoms with van der Waals surface area (Å²) < 4.78 is 0. The van der Waals surface area contributed by atoms with Gasteiger partial charge in [0.25, 0.3) is 5.91 Å². The average Bonchev–Trinajstić information content (AvgIpc) is 2.69. The number of carbonyl (C=O) groups excluding carboxylic acids is 1. The molecule has 1 amide bonds. The summed E-state index contributed by atoms with van der Waals surface area (Å²) in [5.74, 6) is 0.257. The van der Waals surface area contributed by atoms with Gasteiger partial charge in [-0.25, -0.2) is 9.97 Å². The van der Waals surface area contributed by atoms with Crippen LogP contribution in [0, 0.1) is 13.8 Å². The van der Waals surface area contributed by atoms with Crippen LogP contribution in [0.15, 0.2) is 54.6 Å². The van der Waals surface area contributed by atoms with Gasteiger partial charge in [0, 0.05) is 29.5 Å². The molecule has 1 aromatic heterocycles. The maximum Gasteiger partial charge on any atom is 0.272 e. The van der Waals surface area contributed by atoms with E-state index in [0.717, 1.165) is 22.5 Å². The Morgan fingerprint density at radius 2 is 1.82 bits per heavy atom. The molecule has 6 heteroatoms. The van der Waals surface area contributed by atoms with E-state index in [1.54, 1.807) is 11.0 Å². The van der Waals surface area contributed by atoms with Gasteiger partial charge in [0.15, 0.2) is 0 Å². The Morgan fingerprint density at radius 3 is 2.54 bits per heavy atom. The van der Waals surface area contributed by atoms with Crippen molar-refractivity contribution in [2.75, 3.05) is 11.9 Å². The summed E-state index contributed by atoms with van der Waals surface area (Å²) in [4.78, 5) is 23.7. The number of nitrogens with zero attached hydrogens (tertiary/aromatic N) is 3. The Kier molecular flexibility index (Phi) is 6.26. The SMILES string of the molecule is CCN(Cc1ccccc1)C(=O)c1cc(C)nc(Nc2cc(Cl)ccc2C)n1. The van der Waals surface area contributed by atoms with Crippen molar-refractivity contribution in [2.24, 2.45) is 0 Å². The lowest BCUT2D eigenvalue weighted by molar-refractivity contribution is 0.0746. The fourth-order valence-electron chi connectivity index (χ4n) is 2.88. The Balaban J connectivity index is 1.85. The molecule has 144 valence electrons. The highest BCUT2D eigenvalue weighted by Crippen LogP contribution is 2.23. The van der Waals surface area contributed by atoms with Gasteiger partial charge in [-0.05, 0) is 50.1 Å². The number of nitrogens with one attached hydrogen (secondary N) is 1. The lowest BCUT2D eigenvalue weighted by Gasteiger charge is -2.21. The van der Waals surface area contributed by atoms with Crippen LogP contribution in [0.5, 0.6) is 0 Å². The molecule has 0 saturated heterocycles. The van der Waals surface area contributed by atoms with Crippen molar-refractivity contribution in [1.29, 1.82) is 0 Å². The van der Waals surface area contributed by atoms with E-state index < -0.39 is 0 Å². The monoisotopic (exact) mass is 394 g/mol. The first-order valence-electron chi connectivity index (χ1n) is 9.18. The van der Waals surface area contributed by atoms with Crippen LogP contribution in [-0.2, 0) is 6.54 Å². The molecule has 0 aliphatic heterocycles. The van der Waals surface area contributed by atoms with Crippen LogP contribution >= 0.6 is 11.6 Å². The predicted molar refractivity (Wildman–Crippen MR) is 113 cm³/mol. The van der Waals surface area contributed by atoms with Crippen LogP contribution in [-0.4, -0.2) is 27.3 Å². The first-order valence-corrected chi connectivity index (χ1v) is 9.56. The van der Waals surface area contributed by atoms with Crippen LogP contribution in [0.4, 0.5) is 11.6 Å². The Bertz CT molecular complexity index is 976. The van der Waals surface area contributed by atoms with Crippen molar-refractivity contribution in [3.8, 4) is 0 Å². The molecule has 5 nitrogen and oxygen atoms in total. The third-order valence-corrected chi connectivity index (χ3v) is 4.64. The third-order valence-electron chi connectivity index (χ3n) is 4.40. The first kappa shape index (κ1) is 19.8. The van der Waals surface area contributed by atoms with E-state index >= 15 is 0 Å². The number of aromatic nitrogens is 2. The van der Waals surface area contributed by atoms with Gasteiger partial charge >= 0.3 is 0 Å². The second-order valence-electron chi connectivity index (χ2n) is 6.61. The van der Waals surface area contributed by atoms with Gasteiger partial charge in [0.05, 0.1) is 0 Å². The number of hydrogen-bond donors (Lipinski definition) is 1. The Morgan fingerprint density at radius 1 is 1.07 bits per heavy atom. The molecule has 0 aliphatic rings. The predicted octanol–water partition coefficient (Wildman–Crippen LogP) is 5.15. The summed E-state index contributed by atoms with van der Waals surface area (Å²) >= 11 is 6.09. The minimum absolute atomic E-state index is 0.122. The van der Waals surface area contributed by atoms with Gasteiger partial charge in [0.1, 0.15) is 5.69 Å². The Labute approximate surface area is 170 Å². The highest BCUT2D eigenvalue weighted by molar-refractivity contribution is 6.30. The number of hydrogen-bond acceptors (Lipinski definition) is 4. The van der Waals surface area contributed by atoms with Gasteiger partial charge in [-0.2, -0.15) is 0 Å². The molecule has 0 spiro atoms.